The predicted octanol–water partition coefficient (Wildman–Crippen LogP) is 4.74. The Bertz CT molecular complexity index is 896. The summed E-state index contributed by atoms with van der Waals surface area (Å²) in [7, 11) is 1.62. The molecular formula is C20H25N3O2S. The Morgan fingerprint density at radius 2 is 2.08 bits per heavy atom. The molecule has 0 saturated carbocycles. The van der Waals surface area contributed by atoms with Crippen molar-refractivity contribution in [1.82, 2.24) is 9.55 Å². The van der Waals surface area contributed by atoms with E-state index in [0.717, 1.165) is 36.9 Å². The molecule has 0 spiro atoms. The van der Waals surface area contributed by atoms with Gasteiger partial charge in [-0.05, 0) is 56.6 Å². The highest BCUT2D eigenvalue weighted by Crippen LogP contribution is 2.29. The number of nitrogens with one attached hydrogen (secondary N) is 2. The molecule has 0 bridgehead atoms. The third-order valence-electron chi connectivity index (χ3n) is 4.11. The summed E-state index contributed by atoms with van der Waals surface area (Å²) < 4.78 is 7.80. The average Bonchev–Trinajstić information content (AvgIpc) is 2.62. The van der Waals surface area contributed by atoms with Gasteiger partial charge in [-0.15, -0.1) is 0 Å². The number of nitrogens with zero attached hydrogens (tertiary/aromatic N) is 1. The van der Waals surface area contributed by atoms with Gasteiger partial charge in [-0.2, -0.15) is 0 Å². The smallest absolute Gasteiger partial charge is 0.252 e. The highest BCUT2D eigenvalue weighted by atomic mass is 32.1. The minimum absolute atomic E-state index is 0.216. The highest BCUT2D eigenvalue weighted by Gasteiger charge is 2.11. The fourth-order valence-corrected chi connectivity index (χ4v) is 3.16. The number of ether oxygens (including phenoxy) is 1. The van der Waals surface area contributed by atoms with Crippen molar-refractivity contribution in [2.45, 2.75) is 39.2 Å². The Kier molecular flexibility index (Phi) is 7.53. The summed E-state index contributed by atoms with van der Waals surface area (Å²) in [6, 6.07) is 9.18. The van der Waals surface area contributed by atoms with Crippen LogP contribution in [0.1, 0.15) is 32.6 Å². The molecule has 5 nitrogen and oxygen atoms in total. The molecule has 0 fully saturated rings. The number of hydrogen-bond acceptors (Lipinski definition) is 4. The van der Waals surface area contributed by atoms with Crippen LogP contribution in [0.2, 0.25) is 0 Å². The van der Waals surface area contributed by atoms with Crippen LogP contribution in [-0.4, -0.2) is 22.4 Å². The molecule has 1 aromatic carbocycles. The molecular weight excluding hydrogens is 346 g/mol. The van der Waals surface area contributed by atoms with E-state index in [9.17, 15) is 4.79 Å². The monoisotopic (exact) mass is 371 g/mol. The lowest BCUT2D eigenvalue weighted by molar-refractivity contribution is 0.416. The van der Waals surface area contributed by atoms with Gasteiger partial charge in [0.25, 0.3) is 5.56 Å². The molecule has 0 saturated heterocycles. The van der Waals surface area contributed by atoms with Crippen molar-refractivity contribution in [3.8, 4) is 17.0 Å². The van der Waals surface area contributed by atoms with Crippen LogP contribution in [0.5, 0.6) is 5.75 Å². The van der Waals surface area contributed by atoms with Gasteiger partial charge in [0, 0.05) is 23.9 Å². The molecule has 2 N–H and O–H groups in total. The molecule has 0 unspecified atom stereocenters. The van der Waals surface area contributed by atoms with Crippen molar-refractivity contribution >= 4 is 17.9 Å². The molecule has 1 heterocycles. The number of unbranched alkanes of at least 4 members (excludes halogenated alkanes) is 2. The molecule has 0 atom stereocenters. The lowest BCUT2D eigenvalue weighted by atomic mass is 10.1. The average molecular weight is 372 g/mol. The predicted molar refractivity (Wildman–Crippen MR) is 109 cm³/mol. The first-order valence-corrected chi connectivity index (χ1v) is 9.15. The summed E-state index contributed by atoms with van der Waals surface area (Å²) in [5.41, 5.74) is 2.05. The van der Waals surface area contributed by atoms with Gasteiger partial charge in [-0.3, -0.25) is 9.78 Å². The van der Waals surface area contributed by atoms with E-state index in [-0.39, 0.29) is 5.56 Å². The van der Waals surface area contributed by atoms with Crippen LogP contribution >= 0.6 is 12.2 Å². The van der Waals surface area contributed by atoms with Gasteiger partial charge in [0.2, 0.25) is 0 Å². The Hall–Kier alpha value is -2.47. The van der Waals surface area contributed by atoms with Crippen molar-refractivity contribution in [3.05, 3.63) is 57.6 Å². The molecule has 2 rings (SSSR count). The number of aromatic amines is 1. The summed E-state index contributed by atoms with van der Waals surface area (Å²) in [4.78, 5) is 14.6. The van der Waals surface area contributed by atoms with Crippen LogP contribution in [0.15, 0.2) is 47.3 Å². The summed E-state index contributed by atoms with van der Waals surface area (Å²) in [5, 5.41) is 7.77. The van der Waals surface area contributed by atoms with Crippen LogP contribution in [0.3, 0.4) is 0 Å². The number of allylic oxidation sites excluding steroid dienone is 2. The van der Waals surface area contributed by atoms with Crippen molar-refractivity contribution in [2.75, 3.05) is 7.11 Å². The maximum absolute atomic E-state index is 11.9. The normalized spacial score (nSPS) is 11.0. The lowest BCUT2D eigenvalue weighted by Crippen LogP contribution is -2.15. The van der Waals surface area contributed by atoms with E-state index in [1.807, 2.05) is 47.9 Å². The van der Waals surface area contributed by atoms with Gasteiger partial charge < -0.3 is 14.7 Å². The zero-order valence-electron chi connectivity index (χ0n) is 15.2. The quantitative estimate of drug-likeness (QED) is 0.380. The number of para-hydroxylation sites is 1. The molecule has 26 heavy (non-hydrogen) atoms. The molecule has 0 amide bonds. The molecule has 2 aromatic rings. The minimum Gasteiger partial charge on any atom is -0.496 e. The minimum atomic E-state index is -0.216. The van der Waals surface area contributed by atoms with Crippen LogP contribution in [0.25, 0.3) is 11.3 Å². The summed E-state index contributed by atoms with van der Waals surface area (Å²) in [5.74, 6) is 0.709. The maximum atomic E-state index is 11.9. The number of rotatable bonds is 9. The molecule has 6 heteroatoms. The molecule has 1 aromatic heterocycles. The van der Waals surface area contributed by atoms with Gasteiger partial charge in [-0.25, -0.2) is 0 Å². The number of hydrogen-bond donors (Lipinski definition) is 2. The Balaban J connectivity index is 2.17. The molecule has 0 aliphatic heterocycles. The van der Waals surface area contributed by atoms with Crippen molar-refractivity contribution in [3.63, 3.8) is 0 Å². The van der Waals surface area contributed by atoms with E-state index in [1.165, 1.54) is 0 Å². The van der Waals surface area contributed by atoms with E-state index in [1.54, 1.807) is 13.2 Å². The van der Waals surface area contributed by atoms with Crippen molar-refractivity contribution < 1.29 is 4.74 Å². The van der Waals surface area contributed by atoms with Crippen molar-refractivity contribution in [2.24, 2.45) is 0 Å². The van der Waals surface area contributed by atoms with Gasteiger partial charge in [0.05, 0.1) is 12.8 Å². The zero-order chi connectivity index (χ0) is 18.9. The number of aromatic nitrogens is 2. The first-order chi connectivity index (χ1) is 12.6. The van der Waals surface area contributed by atoms with Crippen molar-refractivity contribution in [1.29, 1.82) is 5.41 Å². The number of methoxy groups -OCH3 is 1. The third-order valence-corrected chi connectivity index (χ3v) is 4.43. The second kappa shape index (κ2) is 9.87. The second-order valence-corrected chi connectivity index (χ2v) is 6.40. The van der Waals surface area contributed by atoms with E-state index in [0.29, 0.717) is 22.8 Å². The van der Waals surface area contributed by atoms with Crippen LogP contribution in [0.4, 0.5) is 0 Å². The largest absolute Gasteiger partial charge is 0.496 e. The summed E-state index contributed by atoms with van der Waals surface area (Å²) in [6.45, 7) is 2.63. The molecule has 0 aliphatic rings. The van der Waals surface area contributed by atoms with Gasteiger partial charge in [-0.1, -0.05) is 24.6 Å². The summed E-state index contributed by atoms with van der Waals surface area (Å²) in [6.07, 6.45) is 7.38. The Labute approximate surface area is 158 Å². The third kappa shape index (κ3) is 5.26. The second-order valence-electron chi connectivity index (χ2n) is 6.01. The van der Waals surface area contributed by atoms with Crippen LogP contribution < -0.4 is 10.3 Å². The first-order valence-electron chi connectivity index (χ1n) is 8.74. The van der Waals surface area contributed by atoms with E-state index < -0.39 is 0 Å². The number of benzene rings is 1. The van der Waals surface area contributed by atoms with Gasteiger partial charge in [0.15, 0.2) is 4.77 Å². The maximum Gasteiger partial charge on any atom is 0.252 e. The van der Waals surface area contributed by atoms with E-state index in [2.05, 4.69) is 4.98 Å². The standard InChI is InChI=1S/C20H25N3O2S/c1-3-9-15(21)10-5-4-8-13-23-17(14-19(24)22-20(23)26)16-11-6-7-12-18(16)25-2/h3,6-7,9,11-12,14,21H,4-5,8,10,13H2,1-2H3,(H,22,24,26)/b9-3+,21-15?. The van der Waals surface area contributed by atoms with Gasteiger partial charge in [0.1, 0.15) is 5.75 Å². The lowest BCUT2D eigenvalue weighted by Gasteiger charge is -2.15. The zero-order valence-corrected chi connectivity index (χ0v) is 16.1. The van der Waals surface area contributed by atoms with Crippen LogP contribution in [0, 0.1) is 10.2 Å². The first kappa shape index (κ1) is 19.8. The van der Waals surface area contributed by atoms with Gasteiger partial charge >= 0.3 is 0 Å². The Morgan fingerprint density at radius 1 is 1.31 bits per heavy atom. The Morgan fingerprint density at radius 3 is 2.81 bits per heavy atom. The van der Waals surface area contributed by atoms with Crippen LogP contribution in [-0.2, 0) is 6.54 Å². The fourth-order valence-electron chi connectivity index (χ4n) is 2.87. The molecule has 138 valence electrons. The summed E-state index contributed by atoms with van der Waals surface area (Å²) >= 11 is 5.38. The molecule has 0 aliphatic carbocycles. The highest BCUT2D eigenvalue weighted by molar-refractivity contribution is 7.71. The van der Waals surface area contributed by atoms with E-state index >= 15 is 0 Å². The van der Waals surface area contributed by atoms with E-state index in [4.69, 9.17) is 22.4 Å². The fraction of sp³-hybridized carbons (Fsp3) is 0.350. The topological polar surface area (TPSA) is 70.9 Å². The molecule has 0 radical (unpaired) electrons. The number of H-pyrrole nitrogens is 1. The SMILES string of the molecule is C/C=C/C(=N)CCCCCn1c(-c2ccccc2OC)cc(=O)[nH]c1=S.